The van der Waals surface area contributed by atoms with Crippen molar-refractivity contribution in [3.63, 3.8) is 0 Å². The van der Waals surface area contributed by atoms with E-state index in [-0.39, 0.29) is 6.61 Å². The monoisotopic (exact) mass is 194 g/mol. The first-order valence-electron chi connectivity index (χ1n) is 4.16. The fourth-order valence-corrected chi connectivity index (χ4v) is 0.931. The lowest BCUT2D eigenvalue weighted by molar-refractivity contribution is -0.252. The van der Waals surface area contributed by atoms with Gasteiger partial charge in [-0.1, -0.05) is 12.1 Å². The first-order chi connectivity index (χ1) is 6.76. The van der Waals surface area contributed by atoms with E-state index in [2.05, 4.69) is 4.99 Å². The Kier molecular flexibility index (Phi) is 3.79. The first-order valence-corrected chi connectivity index (χ1v) is 4.16. The van der Waals surface area contributed by atoms with Crippen LogP contribution in [0.5, 0.6) is 5.75 Å². The molecule has 0 fully saturated rings. The summed E-state index contributed by atoms with van der Waals surface area (Å²) in [5.41, 5.74) is 0.905. The van der Waals surface area contributed by atoms with Gasteiger partial charge in [0.05, 0.1) is 7.11 Å². The third-order valence-electron chi connectivity index (χ3n) is 1.70. The summed E-state index contributed by atoms with van der Waals surface area (Å²) < 4.78 is 9.79. The van der Waals surface area contributed by atoms with Gasteiger partial charge in [-0.25, -0.2) is 0 Å². The fraction of sp³-hybridized carbons (Fsp3) is 0.300. The molecule has 0 saturated heterocycles. The number of nitrogens with zero attached hydrogens (tertiary/aromatic N) is 1. The molecule has 76 valence electrons. The van der Waals surface area contributed by atoms with Gasteiger partial charge >= 0.3 is 0 Å². The molecule has 0 spiro atoms. The molecule has 0 amide bonds. The van der Waals surface area contributed by atoms with E-state index < -0.39 is 6.08 Å². The summed E-state index contributed by atoms with van der Waals surface area (Å²) in [6, 6.07) is 7.29. The quantitative estimate of drug-likeness (QED) is 0.521. The standard InChI is InChI=1S/C10H13NO3/c1-11-10(12)14-7-8-3-5-9(13-2)6-4-8/h3-6H,7H2,1-2H3,(H,11,12)/p-1. The number of rotatable bonds is 3. The van der Waals surface area contributed by atoms with E-state index in [0.29, 0.717) is 0 Å². The van der Waals surface area contributed by atoms with Crippen LogP contribution in [-0.4, -0.2) is 20.2 Å². The van der Waals surface area contributed by atoms with Crippen LogP contribution in [0.15, 0.2) is 29.3 Å². The van der Waals surface area contributed by atoms with E-state index in [4.69, 9.17) is 9.47 Å². The molecule has 0 N–H and O–H groups in total. The van der Waals surface area contributed by atoms with Gasteiger partial charge in [0.25, 0.3) is 0 Å². The van der Waals surface area contributed by atoms with Crippen LogP contribution < -0.4 is 9.84 Å². The van der Waals surface area contributed by atoms with Crippen LogP contribution in [0.4, 0.5) is 0 Å². The number of hydrogen-bond acceptors (Lipinski definition) is 4. The summed E-state index contributed by atoms with van der Waals surface area (Å²) in [6.45, 7) is 0.236. The van der Waals surface area contributed by atoms with Gasteiger partial charge in [-0.05, 0) is 17.7 Å². The SMILES string of the molecule is CN=C([O-])OCc1ccc(OC)cc1. The summed E-state index contributed by atoms with van der Waals surface area (Å²) in [4.78, 5) is 3.35. The van der Waals surface area contributed by atoms with Crippen LogP contribution in [0.1, 0.15) is 5.56 Å². The average molecular weight is 194 g/mol. The van der Waals surface area contributed by atoms with Crippen molar-refractivity contribution in [2.75, 3.05) is 14.2 Å². The summed E-state index contributed by atoms with van der Waals surface area (Å²) in [7, 11) is 3.00. The van der Waals surface area contributed by atoms with Crippen molar-refractivity contribution in [3.8, 4) is 5.75 Å². The van der Waals surface area contributed by atoms with Gasteiger partial charge in [-0.15, -0.1) is 0 Å². The van der Waals surface area contributed by atoms with Gasteiger partial charge < -0.3 is 14.6 Å². The zero-order chi connectivity index (χ0) is 10.4. The molecule has 0 aliphatic carbocycles. The Balaban J connectivity index is 2.52. The number of aliphatic imine (C=N–C) groups is 1. The molecular formula is C10H12NO3-. The van der Waals surface area contributed by atoms with Crippen LogP contribution in [0.2, 0.25) is 0 Å². The second-order valence-electron chi connectivity index (χ2n) is 2.63. The first kappa shape index (κ1) is 10.4. The molecule has 4 heteroatoms. The van der Waals surface area contributed by atoms with Gasteiger partial charge in [0.15, 0.2) is 0 Å². The van der Waals surface area contributed by atoms with Gasteiger partial charge in [-0.2, -0.15) is 0 Å². The van der Waals surface area contributed by atoms with Crippen LogP contribution in [0.25, 0.3) is 0 Å². The average Bonchev–Trinajstić information content (AvgIpc) is 2.26. The fourth-order valence-electron chi connectivity index (χ4n) is 0.931. The van der Waals surface area contributed by atoms with Crippen molar-refractivity contribution in [1.29, 1.82) is 0 Å². The lowest BCUT2D eigenvalue weighted by Crippen LogP contribution is -2.20. The van der Waals surface area contributed by atoms with E-state index >= 15 is 0 Å². The number of benzene rings is 1. The van der Waals surface area contributed by atoms with Crippen molar-refractivity contribution < 1.29 is 14.6 Å². The third kappa shape index (κ3) is 2.97. The Bertz CT molecular complexity index is 306. The third-order valence-corrected chi connectivity index (χ3v) is 1.70. The molecule has 1 rings (SSSR count). The van der Waals surface area contributed by atoms with Gasteiger partial charge in [0.1, 0.15) is 11.8 Å². The molecular weight excluding hydrogens is 182 g/mol. The molecule has 14 heavy (non-hydrogen) atoms. The number of hydrogen-bond donors (Lipinski definition) is 0. The van der Waals surface area contributed by atoms with Crippen LogP contribution >= 0.6 is 0 Å². The maximum Gasteiger partial charge on any atom is 0.145 e. The Hall–Kier alpha value is -1.71. The molecule has 0 radical (unpaired) electrons. The van der Waals surface area contributed by atoms with E-state index in [1.807, 2.05) is 24.3 Å². The highest BCUT2D eigenvalue weighted by Crippen LogP contribution is 2.11. The molecule has 0 bridgehead atoms. The van der Waals surface area contributed by atoms with Crippen molar-refractivity contribution in [1.82, 2.24) is 0 Å². The largest absolute Gasteiger partial charge is 0.596 e. The molecule has 4 nitrogen and oxygen atoms in total. The summed E-state index contributed by atoms with van der Waals surface area (Å²) in [5, 5.41) is 10.7. The molecule has 0 atom stereocenters. The van der Waals surface area contributed by atoms with Gasteiger partial charge in [-0.3, -0.25) is 4.99 Å². The lowest BCUT2D eigenvalue weighted by Gasteiger charge is -2.13. The smallest absolute Gasteiger partial charge is 0.145 e. The lowest BCUT2D eigenvalue weighted by atomic mass is 10.2. The zero-order valence-electron chi connectivity index (χ0n) is 8.19. The van der Waals surface area contributed by atoms with Gasteiger partial charge in [0, 0.05) is 13.7 Å². The van der Waals surface area contributed by atoms with Crippen molar-refractivity contribution in [2.24, 2.45) is 4.99 Å². The molecule has 0 aliphatic heterocycles. The molecule has 1 aromatic rings. The minimum absolute atomic E-state index is 0.236. The van der Waals surface area contributed by atoms with E-state index in [0.717, 1.165) is 11.3 Å². The molecule has 0 aliphatic rings. The van der Waals surface area contributed by atoms with Crippen molar-refractivity contribution in [3.05, 3.63) is 29.8 Å². The summed E-state index contributed by atoms with van der Waals surface area (Å²) in [6.07, 6.45) is -0.555. The topological polar surface area (TPSA) is 53.9 Å². The normalized spacial score (nSPS) is 11.1. The van der Waals surface area contributed by atoms with Gasteiger partial charge in [0.2, 0.25) is 0 Å². The number of ether oxygens (including phenoxy) is 2. The maximum atomic E-state index is 10.7. The predicted octanol–water partition coefficient (Wildman–Crippen LogP) is 0.558. The molecule has 0 saturated carbocycles. The molecule has 0 heterocycles. The maximum absolute atomic E-state index is 10.7. The minimum atomic E-state index is -0.555. The second-order valence-corrected chi connectivity index (χ2v) is 2.63. The Morgan fingerprint density at radius 3 is 2.50 bits per heavy atom. The van der Waals surface area contributed by atoms with E-state index in [1.165, 1.54) is 7.05 Å². The summed E-state index contributed by atoms with van der Waals surface area (Å²) in [5.74, 6) is 0.778. The highest BCUT2D eigenvalue weighted by molar-refractivity contribution is 5.61. The highest BCUT2D eigenvalue weighted by Gasteiger charge is 1.91. The van der Waals surface area contributed by atoms with E-state index in [1.54, 1.807) is 7.11 Å². The van der Waals surface area contributed by atoms with Crippen molar-refractivity contribution >= 4 is 6.08 Å². The number of methoxy groups -OCH3 is 1. The second kappa shape index (κ2) is 5.11. The summed E-state index contributed by atoms with van der Waals surface area (Å²) >= 11 is 0. The Morgan fingerprint density at radius 1 is 1.36 bits per heavy atom. The Labute approximate surface area is 82.8 Å². The van der Waals surface area contributed by atoms with Crippen LogP contribution in [0, 0.1) is 0 Å². The van der Waals surface area contributed by atoms with Crippen molar-refractivity contribution in [2.45, 2.75) is 6.61 Å². The molecule has 0 unspecified atom stereocenters. The molecule has 0 aromatic heterocycles. The minimum Gasteiger partial charge on any atom is -0.596 e. The van der Waals surface area contributed by atoms with Crippen LogP contribution in [-0.2, 0) is 11.3 Å². The molecule has 1 aromatic carbocycles. The predicted molar refractivity (Wildman–Crippen MR) is 51.1 cm³/mol. The van der Waals surface area contributed by atoms with E-state index in [9.17, 15) is 5.11 Å². The highest BCUT2D eigenvalue weighted by atomic mass is 16.6. The zero-order valence-corrected chi connectivity index (χ0v) is 8.19. The Morgan fingerprint density at radius 2 is 2.00 bits per heavy atom. The van der Waals surface area contributed by atoms with Crippen LogP contribution in [0.3, 0.4) is 0 Å².